The molecule has 0 spiro atoms. The second kappa shape index (κ2) is 10.8. The van der Waals surface area contributed by atoms with Gasteiger partial charge in [-0.1, -0.05) is 55.8 Å². The Morgan fingerprint density at radius 1 is 1.04 bits per heavy atom. The molecule has 0 aliphatic heterocycles. The minimum atomic E-state index is 0.536. The smallest absolute Gasteiger partial charge is 0.166 e. The maximum atomic E-state index is 6.15. The molecule has 0 fully saturated rings. The van der Waals surface area contributed by atoms with Crippen LogP contribution in [0.4, 0.5) is 0 Å². The number of benzene rings is 2. The summed E-state index contributed by atoms with van der Waals surface area (Å²) < 4.78 is 11.7. The molecular weight excluding hydrogens is 324 g/mol. The van der Waals surface area contributed by atoms with E-state index in [4.69, 9.17) is 9.47 Å². The van der Waals surface area contributed by atoms with Gasteiger partial charge in [-0.25, -0.2) is 0 Å². The van der Waals surface area contributed by atoms with E-state index in [0.29, 0.717) is 6.61 Å². The predicted octanol–water partition coefficient (Wildman–Crippen LogP) is 4.01. The fraction of sp³-hybridized carbons (Fsp3) is 0.455. The van der Waals surface area contributed by atoms with Crippen LogP contribution in [0.1, 0.15) is 30.5 Å². The molecule has 4 nitrogen and oxygen atoms in total. The zero-order chi connectivity index (χ0) is 18.8. The number of ether oxygens (including phenoxy) is 2. The minimum absolute atomic E-state index is 0.536. The molecule has 142 valence electrons. The molecule has 0 amide bonds. The number of nitrogens with one attached hydrogen (secondary N) is 1. The third-order valence-electron chi connectivity index (χ3n) is 4.56. The van der Waals surface area contributed by atoms with Gasteiger partial charge in [0.25, 0.3) is 0 Å². The lowest BCUT2D eigenvalue weighted by molar-refractivity contribution is 0.279. The van der Waals surface area contributed by atoms with Crippen molar-refractivity contribution in [2.45, 2.75) is 33.9 Å². The zero-order valence-corrected chi connectivity index (χ0v) is 16.5. The van der Waals surface area contributed by atoms with Crippen LogP contribution in [-0.4, -0.2) is 38.2 Å². The molecular formula is C22H32N2O2. The monoisotopic (exact) mass is 356 g/mol. The predicted molar refractivity (Wildman–Crippen MR) is 108 cm³/mol. The molecule has 0 aliphatic rings. The van der Waals surface area contributed by atoms with Crippen LogP contribution < -0.4 is 14.8 Å². The summed E-state index contributed by atoms with van der Waals surface area (Å²) >= 11 is 0. The first kappa shape index (κ1) is 20.3. The molecule has 2 aromatic carbocycles. The van der Waals surface area contributed by atoms with Crippen molar-refractivity contribution in [1.29, 1.82) is 0 Å². The molecule has 0 aromatic heterocycles. The van der Waals surface area contributed by atoms with Crippen molar-refractivity contribution < 1.29 is 9.47 Å². The highest BCUT2D eigenvalue weighted by molar-refractivity contribution is 5.46. The third kappa shape index (κ3) is 6.04. The molecule has 2 aromatic rings. The van der Waals surface area contributed by atoms with E-state index in [1.165, 1.54) is 5.56 Å². The van der Waals surface area contributed by atoms with Crippen LogP contribution in [0, 0.1) is 6.92 Å². The highest BCUT2D eigenvalue weighted by atomic mass is 16.5. The first-order chi connectivity index (χ1) is 12.7. The summed E-state index contributed by atoms with van der Waals surface area (Å²) in [7, 11) is 1.69. The highest BCUT2D eigenvalue weighted by Gasteiger charge is 2.11. The second-order valence-electron chi connectivity index (χ2n) is 6.43. The fourth-order valence-electron chi connectivity index (χ4n) is 2.98. The Morgan fingerprint density at radius 2 is 1.81 bits per heavy atom. The molecule has 0 saturated heterocycles. The van der Waals surface area contributed by atoms with Crippen molar-refractivity contribution >= 4 is 0 Å². The van der Waals surface area contributed by atoms with Crippen molar-refractivity contribution in [2.24, 2.45) is 0 Å². The normalized spacial score (nSPS) is 11.0. The lowest BCUT2D eigenvalue weighted by atomic mass is 10.1. The highest BCUT2D eigenvalue weighted by Crippen LogP contribution is 2.31. The van der Waals surface area contributed by atoms with Gasteiger partial charge in [0.15, 0.2) is 11.5 Å². The van der Waals surface area contributed by atoms with Gasteiger partial charge < -0.3 is 19.7 Å². The molecule has 0 heterocycles. The van der Waals surface area contributed by atoms with Crippen LogP contribution in [0.25, 0.3) is 0 Å². The van der Waals surface area contributed by atoms with Crippen molar-refractivity contribution in [2.75, 3.05) is 33.3 Å². The van der Waals surface area contributed by atoms with Gasteiger partial charge >= 0.3 is 0 Å². The Labute approximate surface area is 158 Å². The van der Waals surface area contributed by atoms with Crippen molar-refractivity contribution in [3.8, 4) is 11.5 Å². The number of rotatable bonds is 11. The molecule has 4 heteroatoms. The van der Waals surface area contributed by atoms with E-state index in [0.717, 1.165) is 55.3 Å². The number of likely N-dealkylation sites (N-methyl/N-ethyl adjacent to an activating group) is 1. The van der Waals surface area contributed by atoms with Gasteiger partial charge in [0.2, 0.25) is 0 Å². The molecule has 1 N–H and O–H groups in total. The lowest BCUT2D eigenvalue weighted by Crippen LogP contribution is -2.31. The van der Waals surface area contributed by atoms with E-state index in [1.54, 1.807) is 7.11 Å². The maximum absolute atomic E-state index is 6.15. The van der Waals surface area contributed by atoms with E-state index in [2.05, 4.69) is 61.3 Å². The Bertz CT molecular complexity index is 669. The summed E-state index contributed by atoms with van der Waals surface area (Å²) in [5.74, 6) is 1.60. The topological polar surface area (TPSA) is 33.7 Å². The fourth-order valence-corrected chi connectivity index (χ4v) is 2.98. The Balaban J connectivity index is 2.00. The maximum Gasteiger partial charge on any atom is 0.166 e. The molecule has 0 unspecified atom stereocenters. The van der Waals surface area contributed by atoms with E-state index < -0.39 is 0 Å². The van der Waals surface area contributed by atoms with Crippen molar-refractivity contribution in [1.82, 2.24) is 10.2 Å². The molecule has 26 heavy (non-hydrogen) atoms. The molecule has 0 saturated carbocycles. The first-order valence-corrected chi connectivity index (χ1v) is 9.45. The Morgan fingerprint density at radius 3 is 2.50 bits per heavy atom. The average molecular weight is 357 g/mol. The SMILES string of the molecule is CCN(CC)CCNCc1cccc(OC)c1OCc1cccc(C)c1. The van der Waals surface area contributed by atoms with Crippen molar-refractivity contribution in [3.05, 3.63) is 59.2 Å². The first-order valence-electron chi connectivity index (χ1n) is 9.45. The van der Waals surface area contributed by atoms with Gasteiger partial charge in [-0.15, -0.1) is 0 Å². The molecule has 2 rings (SSSR count). The van der Waals surface area contributed by atoms with Gasteiger partial charge in [0, 0.05) is 25.2 Å². The third-order valence-corrected chi connectivity index (χ3v) is 4.56. The van der Waals surface area contributed by atoms with Crippen LogP contribution in [-0.2, 0) is 13.2 Å². The molecule has 0 aliphatic carbocycles. The van der Waals surface area contributed by atoms with Crippen LogP contribution >= 0.6 is 0 Å². The Kier molecular flexibility index (Phi) is 8.45. The van der Waals surface area contributed by atoms with Crippen LogP contribution in [0.5, 0.6) is 11.5 Å². The summed E-state index contributed by atoms with van der Waals surface area (Å²) in [5, 5.41) is 3.52. The molecule has 0 radical (unpaired) electrons. The summed E-state index contributed by atoms with van der Waals surface area (Å²) in [5.41, 5.74) is 3.53. The number of hydrogen-bond acceptors (Lipinski definition) is 4. The number of nitrogens with zero attached hydrogens (tertiary/aromatic N) is 1. The zero-order valence-electron chi connectivity index (χ0n) is 16.5. The van der Waals surface area contributed by atoms with Gasteiger partial charge in [-0.3, -0.25) is 0 Å². The summed E-state index contributed by atoms with van der Waals surface area (Å²) in [4.78, 5) is 2.41. The van der Waals surface area contributed by atoms with E-state index in [-0.39, 0.29) is 0 Å². The van der Waals surface area contributed by atoms with E-state index in [1.807, 2.05) is 12.1 Å². The van der Waals surface area contributed by atoms with Gasteiger partial charge in [-0.05, 0) is 31.6 Å². The quantitative estimate of drug-likeness (QED) is 0.617. The van der Waals surface area contributed by atoms with Crippen LogP contribution in [0.15, 0.2) is 42.5 Å². The summed E-state index contributed by atoms with van der Waals surface area (Å²) in [6.07, 6.45) is 0. The van der Waals surface area contributed by atoms with Crippen LogP contribution in [0.2, 0.25) is 0 Å². The number of methoxy groups -OCH3 is 1. The number of aryl methyl sites for hydroxylation is 1. The summed E-state index contributed by atoms with van der Waals surface area (Å²) in [6.45, 7) is 12.0. The lowest BCUT2D eigenvalue weighted by Gasteiger charge is -2.19. The van der Waals surface area contributed by atoms with Gasteiger partial charge in [0.05, 0.1) is 7.11 Å². The largest absolute Gasteiger partial charge is 0.493 e. The average Bonchev–Trinajstić information content (AvgIpc) is 2.66. The Hall–Kier alpha value is -2.04. The second-order valence-corrected chi connectivity index (χ2v) is 6.43. The standard InChI is InChI=1S/C22H32N2O2/c1-5-24(6-2)14-13-23-16-20-11-8-12-21(25-4)22(20)26-17-19-10-7-9-18(3)15-19/h7-12,15,23H,5-6,13-14,16-17H2,1-4H3. The minimum Gasteiger partial charge on any atom is -0.493 e. The molecule has 0 atom stereocenters. The number of para-hydroxylation sites is 1. The van der Waals surface area contributed by atoms with E-state index >= 15 is 0 Å². The molecule has 0 bridgehead atoms. The summed E-state index contributed by atoms with van der Waals surface area (Å²) in [6, 6.07) is 14.5. The van der Waals surface area contributed by atoms with Gasteiger partial charge in [0.1, 0.15) is 6.61 Å². The van der Waals surface area contributed by atoms with E-state index in [9.17, 15) is 0 Å². The van der Waals surface area contributed by atoms with Crippen molar-refractivity contribution in [3.63, 3.8) is 0 Å². The number of hydrogen-bond donors (Lipinski definition) is 1. The van der Waals surface area contributed by atoms with Gasteiger partial charge in [-0.2, -0.15) is 0 Å². The van der Waals surface area contributed by atoms with Crippen LogP contribution in [0.3, 0.4) is 0 Å².